The molecule has 2 aromatic carbocycles. The van der Waals surface area contributed by atoms with Gasteiger partial charge >= 0.3 is 6.16 Å². The van der Waals surface area contributed by atoms with E-state index in [4.69, 9.17) is 16.3 Å². The van der Waals surface area contributed by atoms with E-state index in [-0.39, 0.29) is 37.5 Å². The van der Waals surface area contributed by atoms with Gasteiger partial charge in [-0.2, -0.15) is 0 Å². The molecule has 1 N–H and O–H groups in total. The van der Waals surface area contributed by atoms with E-state index < -0.39 is 12.1 Å². The SMILES string of the molecule is O=C(O)Oc1c(N2CCC(F)(F)CC2)nc2ccc(Cl)cc2c1-c1ccccc1. The molecule has 1 aliphatic heterocycles. The average molecular weight is 419 g/mol. The number of anilines is 1. The quantitative estimate of drug-likeness (QED) is 0.541. The van der Waals surface area contributed by atoms with Gasteiger partial charge in [0.25, 0.3) is 5.92 Å². The third-order valence-corrected chi connectivity index (χ3v) is 5.17. The van der Waals surface area contributed by atoms with Crippen LogP contribution in [0, 0.1) is 0 Å². The second-order valence-electron chi connectivity index (χ2n) is 6.88. The van der Waals surface area contributed by atoms with Crippen LogP contribution in [0.1, 0.15) is 12.8 Å². The van der Waals surface area contributed by atoms with Crippen molar-refractivity contribution < 1.29 is 23.4 Å². The van der Waals surface area contributed by atoms with Crippen LogP contribution in [0.5, 0.6) is 5.75 Å². The molecule has 0 amide bonds. The number of hydrogen-bond donors (Lipinski definition) is 1. The van der Waals surface area contributed by atoms with Crippen LogP contribution < -0.4 is 9.64 Å². The first-order chi connectivity index (χ1) is 13.8. The number of carboxylic acid groups (broad SMARTS) is 1. The lowest BCUT2D eigenvalue weighted by Gasteiger charge is -2.33. The first-order valence-electron chi connectivity index (χ1n) is 9.06. The molecule has 2 heterocycles. The second kappa shape index (κ2) is 7.48. The standard InChI is InChI=1S/C21H17ClF2N2O3/c22-14-6-7-16-15(12-14)17(13-4-2-1-3-5-13)18(29-20(27)28)19(25-16)26-10-8-21(23,24)9-11-26/h1-7,12H,8-11H2,(H,27,28). The summed E-state index contributed by atoms with van der Waals surface area (Å²) in [5, 5.41) is 10.4. The van der Waals surface area contributed by atoms with E-state index in [0.29, 0.717) is 27.1 Å². The Balaban J connectivity index is 1.98. The molecule has 150 valence electrons. The second-order valence-corrected chi connectivity index (χ2v) is 7.31. The number of halogens is 3. The van der Waals surface area contributed by atoms with Gasteiger partial charge in [-0.1, -0.05) is 41.9 Å². The average Bonchev–Trinajstić information content (AvgIpc) is 2.68. The van der Waals surface area contributed by atoms with Gasteiger partial charge in [0.15, 0.2) is 11.6 Å². The maximum absolute atomic E-state index is 13.7. The highest BCUT2D eigenvalue weighted by Gasteiger charge is 2.36. The van der Waals surface area contributed by atoms with E-state index in [0.717, 1.165) is 0 Å². The van der Waals surface area contributed by atoms with Crippen LogP contribution in [-0.4, -0.2) is 35.3 Å². The predicted octanol–water partition coefficient (Wildman–Crippen LogP) is 5.85. The molecule has 4 rings (SSSR count). The fraction of sp³-hybridized carbons (Fsp3) is 0.238. The van der Waals surface area contributed by atoms with E-state index >= 15 is 0 Å². The molecule has 0 aliphatic carbocycles. The number of benzene rings is 2. The summed E-state index contributed by atoms with van der Waals surface area (Å²) in [6.07, 6.45) is -2.17. The number of fused-ring (bicyclic) bond motifs is 1. The van der Waals surface area contributed by atoms with Gasteiger partial charge in [-0.15, -0.1) is 0 Å². The van der Waals surface area contributed by atoms with Crippen molar-refractivity contribution >= 4 is 34.5 Å². The fourth-order valence-corrected chi connectivity index (χ4v) is 3.71. The van der Waals surface area contributed by atoms with Gasteiger partial charge in [-0.3, -0.25) is 0 Å². The zero-order chi connectivity index (χ0) is 20.6. The van der Waals surface area contributed by atoms with E-state index in [2.05, 4.69) is 4.98 Å². The molecule has 0 spiro atoms. The molecule has 0 bridgehead atoms. The van der Waals surface area contributed by atoms with E-state index in [1.807, 2.05) is 30.3 Å². The maximum atomic E-state index is 13.7. The summed E-state index contributed by atoms with van der Waals surface area (Å²) in [5.74, 6) is -2.49. The number of alkyl halides is 2. The Labute approximate surface area is 170 Å². The van der Waals surface area contributed by atoms with Crippen molar-refractivity contribution in [2.24, 2.45) is 0 Å². The van der Waals surface area contributed by atoms with Crippen molar-refractivity contribution in [1.82, 2.24) is 4.98 Å². The summed E-state index contributed by atoms with van der Waals surface area (Å²) in [4.78, 5) is 17.7. The smallest absolute Gasteiger partial charge is 0.449 e. The minimum absolute atomic E-state index is 0.0173. The molecule has 3 aromatic rings. The number of ether oxygens (including phenoxy) is 1. The van der Waals surface area contributed by atoms with Crippen LogP contribution in [-0.2, 0) is 0 Å². The van der Waals surface area contributed by atoms with Crippen LogP contribution in [0.15, 0.2) is 48.5 Å². The van der Waals surface area contributed by atoms with Crippen molar-refractivity contribution in [1.29, 1.82) is 0 Å². The van der Waals surface area contributed by atoms with Crippen molar-refractivity contribution in [3.05, 3.63) is 53.6 Å². The highest BCUT2D eigenvalue weighted by atomic mass is 35.5. The number of pyridine rings is 1. The van der Waals surface area contributed by atoms with Gasteiger partial charge in [-0.25, -0.2) is 18.6 Å². The normalized spacial score (nSPS) is 16.0. The first-order valence-corrected chi connectivity index (χ1v) is 9.44. The molecular weight excluding hydrogens is 402 g/mol. The number of carbonyl (C=O) groups is 1. The van der Waals surface area contributed by atoms with Crippen molar-refractivity contribution in [3.8, 4) is 16.9 Å². The summed E-state index contributed by atoms with van der Waals surface area (Å²) >= 11 is 6.18. The van der Waals surface area contributed by atoms with E-state index in [1.54, 1.807) is 23.1 Å². The van der Waals surface area contributed by atoms with Gasteiger partial charge in [-0.05, 0) is 23.8 Å². The van der Waals surface area contributed by atoms with E-state index in [9.17, 15) is 18.7 Å². The Hall–Kier alpha value is -2.93. The molecule has 1 aliphatic rings. The fourth-order valence-electron chi connectivity index (χ4n) is 3.54. The van der Waals surface area contributed by atoms with Gasteiger partial charge in [0.1, 0.15) is 0 Å². The number of hydrogen-bond acceptors (Lipinski definition) is 4. The third-order valence-electron chi connectivity index (χ3n) is 4.93. The molecule has 29 heavy (non-hydrogen) atoms. The molecule has 0 radical (unpaired) electrons. The lowest BCUT2D eigenvalue weighted by Crippen LogP contribution is -2.40. The highest BCUT2D eigenvalue weighted by Crippen LogP contribution is 2.44. The lowest BCUT2D eigenvalue weighted by atomic mass is 9.99. The van der Waals surface area contributed by atoms with Crippen molar-refractivity contribution in [2.45, 2.75) is 18.8 Å². The molecule has 0 saturated carbocycles. The minimum Gasteiger partial charge on any atom is -0.449 e. The van der Waals surface area contributed by atoms with Crippen LogP contribution in [0.2, 0.25) is 5.02 Å². The zero-order valence-corrected chi connectivity index (χ0v) is 16.0. The Kier molecular flexibility index (Phi) is 5.00. The van der Waals surface area contributed by atoms with Crippen LogP contribution >= 0.6 is 11.6 Å². The molecule has 5 nitrogen and oxygen atoms in total. The van der Waals surface area contributed by atoms with E-state index in [1.165, 1.54) is 0 Å². The Morgan fingerprint density at radius 1 is 1.14 bits per heavy atom. The molecule has 1 aromatic heterocycles. The summed E-state index contributed by atoms with van der Waals surface area (Å²) < 4.78 is 32.5. The zero-order valence-electron chi connectivity index (χ0n) is 15.2. The Morgan fingerprint density at radius 2 is 1.83 bits per heavy atom. The van der Waals surface area contributed by atoms with Crippen molar-refractivity contribution in [2.75, 3.05) is 18.0 Å². The van der Waals surface area contributed by atoms with Gasteiger partial charge < -0.3 is 14.7 Å². The highest BCUT2D eigenvalue weighted by molar-refractivity contribution is 6.31. The molecule has 0 unspecified atom stereocenters. The summed E-state index contributed by atoms with van der Waals surface area (Å²) in [7, 11) is 0. The summed E-state index contributed by atoms with van der Waals surface area (Å²) in [5.41, 5.74) is 1.79. The van der Waals surface area contributed by atoms with Crippen LogP contribution in [0.4, 0.5) is 19.4 Å². The topological polar surface area (TPSA) is 62.7 Å². The first kappa shape index (κ1) is 19.4. The minimum atomic E-state index is -2.74. The summed E-state index contributed by atoms with van der Waals surface area (Å²) in [6.45, 7) is 0.0899. The number of piperidine rings is 1. The molecular formula is C21H17ClF2N2O3. The number of rotatable bonds is 3. The van der Waals surface area contributed by atoms with Crippen molar-refractivity contribution in [3.63, 3.8) is 0 Å². The Morgan fingerprint density at radius 3 is 2.48 bits per heavy atom. The van der Waals surface area contributed by atoms with Gasteiger partial charge in [0.05, 0.1) is 5.52 Å². The Bertz CT molecular complexity index is 1070. The largest absolute Gasteiger partial charge is 0.511 e. The van der Waals surface area contributed by atoms with Gasteiger partial charge in [0, 0.05) is 41.9 Å². The monoisotopic (exact) mass is 418 g/mol. The number of nitrogens with zero attached hydrogens (tertiary/aromatic N) is 2. The molecule has 1 saturated heterocycles. The maximum Gasteiger partial charge on any atom is 0.511 e. The number of aromatic nitrogens is 1. The van der Waals surface area contributed by atoms with Gasteiger partial charge in [0.2, 0.25) is 0 Å². The molecule has 1 fully saturated rings. The molecule has 8 heteroatoms. The van der Waals surface area contributed by atoms with Crippen LogP contribution in [0.3, 0.4) is 0 Å². The predicted molar refractivity (Wildman–Crippen MR) is 107 cm³/mol. The van der Waals surface area contributed by atoms with Crippen LogP contribution in [0.25, 0.3) is 22.0 Å². The third kappa shape index (κ3) is 3.96. The molecule has 0 atom stereocenters. The lowest BCUT2D eigenvalue weighted by molar-refractivity contribution is -0.0222. The summed E-state index contributed by atoms with van der Waals surface area (Å²) in [6, 6.07) is 14.2.